The Hall–Kier alpha value is -3.75. The van der Waals surface area contributed by atoms with E-state index < -0.39 is 0 Å². The second-order valence-electron chi connectivity index (χ2n) is 9.62. The number of nitrogens with zero attached hydrogens (tertiary/aromatic N) is 5. The van der Waals surface area contributed by atoms with Gasteiger partial charge in [0, 0.05) is 67.6 Å². The summed E-state index contributed by atoms with van der Waals surface area (Å²) >= 11 is 6.14. The second kappa shape index (κ2) is 10.3. The van der Waals surface area contributed by atoms with Gasteiger partial charge < -0.3 is 9.30 Å². The largest absolute Gasteiger partial charge is 0.340 e. The highest BCUT2D eigenvalue weighted by atomic mass is 35.5. The number of aromatic nitrogens is 2. The normalized spacial score (nSPS) is 14.4. The Morgan fingerprint density at radius 1 is 1.00 bits per heavy atom. The summed E-state index contributed by atoms with van der Waals surface area (Å²) < 4.78 is 2.07. The van der Waals surface area contributed by atoms with Gasteiger partial charge in [0.15, 0.2) is 0 Å². The van der Waals surface area contributed by atoms with Crippen LogP contribution in [0.3, 0.4) is 0 Å². The van der Waals surface area contributed by atoms with E-state index in [1.54, 1.807) is 12.1 Å². The lowest BCUT2D eigenvalue weighted by atomic mass is 10.1. The lowest BCUT2D eigenvalue weighted by Gasteiger charge is -2.35. The van der Waals surface area contributed by atoms with Crippen molar-refractivity contribution in [3.63, 3.8) is 0 Å². The molecule has 0 N–H and O–H groups in total. The first-order chi connectivity index (χ1) is 17.8. The van der Waals surface area contributed by atoms with Crippen LogP contribution in [-0.2, 0) is 11.3 Å². The molecule has 0 atom stereocenters. The maximum absolute atomic E-state index is 12.4. The lowest BCUT2D eigenvalue weighted by Crippen LogP contribution is -2.49. The predicted molar refractivity (Wildman–Crippen MR) is 144 cm³/mol. The number of pyridine rings is 1. The molecule has 0 saturated carbocycles. The molecule has 0 spiro atoms. The van der Waals surface area contributed by atoms with Crippen LogP contribution in [0, 0.1) is 16.0 Å². The first-order valence-corrected chi connectivity index (χ1v) is 12.7. The fourth-order valence-corrected chi connectivity index (χ4v) is 4.88. The molecule has 4 aromatic rings. The molecule has 1 aliphatic rings. The molecule has 1 saturated heterocycles. The fourth-order valence-electron chi connectivity index (χ4n) is 4.76. The van der Waals surface area contributed by atoms with Crippen molar-refractivity contribution in [2.45, 2.75) is 20.4 Å². The van der Waals surface area contributed by atoms with Crippen molar-refractivity contribution in [3.05, 3.63) is 87.7 Å². The van der Waals surface area contributed by atoms with Crippen molar-refractivity contribution in [2.24, 2.45) is 5.92 Å². The van der Waals surface area contributed by atoms with Gasteiger partial charge in [0.25, 0.3) is 5.69 Å². The summed E-state index contributed by atoms with van der Waals surface area (Å²) in [5.41, 5.74) is 5.34. The van der Waals surface area contributed by atoms with Gasteiger partial charge in [0.2, 0.25) is 5.91 Å². The molecule has 0 aliphatic carbocycles. The van der Waals surface area contributed by atoms with Gasteiger partial charge in [-0.2, -0.15) is 0 Å². The Morgan fingerprint density at radius 2 is 1.70 bits per heavy atom. The topological polar surface area (TPSA) is 84.0 Å². The van der Waals surface area contributed by atoms with Crippen molar-refractivity contribution in [1.82, 2.24) is 19.2 Å². The second-order valence-corrected chi connectivity index (χ2v) is 10.1. The van der Waals surface area contributed by atoms with Crippen LogP contribution in [0.25, 0.3) is 28.0 Å². The predicted octanol–water partition coefficient (Wildman–Crippen LogP) is 5.53. The van der Waals surface area contributed by atoms with Gasteiger partial charge in [-0.1, -0.05) is 49.7 Å². The number of carbonyl (C=O) groups is 1. The monoisotopic (exact) mass is 517 g/mol. The molecule has 37 heavy (non-hydrogen) atoms. The Balaban J connectivity index is 1.52. The summed E-state index contributed by atoms with van der Waals surface area (Å²) in [4.78, 5) is 32.6. The maximum Gasteiger partial charge on any atom is 0.270 e. The fraction of sp³-hybridized carbons (Fsp3) is 0.286. The third-order valence-electron chi connectivity index (χ3n) is 6.78. The van der Waals surface area contributed by atoms with Crippen molar-refractivity contribution in [2.75, 3.05) is 26.2 Å². The molecule has 2 aromatic heterocycles. The van der Waals surface area contributed by atoms with Crippen LogP contribution >= 0.6 is 11.6 Å². The van der Waals surface area contributed by atoms with Crippen LogP contribution in [-0.4, -0.2) is 56.2 Å². The van der Waals surface area contributed by atoms with Crippen LogP contribution in [0.15, 0.2) is 66.9 Å². The van der Waals surface area contributed by atoms with Gasteiger partial charge in [-0.05, 0) is 35.4 Å². The minimum Gasteiger partial charge on any atom is -0.340 e. The highest BCUT2D eigenvalue weighted by molar-refractivity contribution is 6.30. The Kier molecular flexibility index (Phi) is 6.95. The Labute approximate surface area is 220 Å². The molecule has 3 heterocycles. The average molecular weight is 518 g/mol. The molecule has 0 radical (unpaired) electrons. The highest BCUT2D eigenvalue weighted by Gasteiger charge is 2.25. The smallest absolute Gasteiger partial charge is 0.270 e. The number of non-ortho nitro benzene ring substituents is 1. The van der Waals surface area contributed by atoms with E-state index in [1.807, 2.05) is 67.4 Å². The van der Waals surface area contributed by atoms with Gasteiger partial charge in [0.1, 0.15) is 5.65 Å². The Morgan fingerprint density at radius 3 is 2.38 bits per heavy atom. The van der Waals surface area contributed by atoms with Crippen LogP contribution in [0.5, 0.6) is 0 Å². The number of nitro groups is 1. The van der Waals surface area contributed by atoms with E-state index in [0.29, 0.717) is 24.7 Å². The zero-order valence-corrected chi connectivity index (χ0v) is 21.6. The Bertz CT molecular complexity index is 1460. The standard InChI is InChI=1S/C28H28ClN5O3/c1-19(2)28(35)32-14-12-31(13-15-32)18-25-27(20-6-9-23(29)10-7-20)30-26-11-8-22(17-33(25)26)21-4-3-5-24(16-21)34(36)37/h3-11,16-17,19H,12-15,18H2,1-2H3. The molecular formula is C28H28ClN5O3. The maximum atomic E-state index is 12.4. The summed E-state index contributed by atoms with van der Waals surface area (Å²) in [7, 11) is 0. The number of hydrogen-bond donors (Lipinski definition) is 0. The average Bonchev–Trinajstić information content (AvgIpc) is 3.26. The minimum atomic E-state index is -0.382. The van der Waals surface area contributed by atoms with Crippen LogP contribution < -0.4 is 0 Å². The van der Waals surface area contributed by atoms with E-state index in [2.05, 4.69) is 9.30 Å². The molecule has 0 bridgehead atoms. The van der Waals surface area contributed by atoms with E-state index in [1.165, 1.54) is 6.07 Å². The molecule has 2 aromatic carbocycles. The summed E-state index contributed by atoms with van der Waals surface area (Å²) in [5.74, 6) is 0.187. The molecule has 190 valence electrons. The molecular weight excluding hydrogens is 490 g/mol. The molecule has 1 fully saturated rings. The number of rotatable bonds is 6. The van der Waals surface area contributed by atoms with Crippen LogP contribution in [0.4, 0.5) is 5.69 Å². The van der Waals surface area contributed by atoms with E-state index >= 15 is 0 Å². The number of halogens is 1. The number of fused-ring (bicyclic) bond motifs is 1. The number of carbonyl (C=O) groups excluding carboxylic acids is 1. The van der Waals surface area contributed by atoms with E-state index in [4.69, 9.17) is 16.6 Å². The van der Waals surface area contributed by atoms with Gasteiger partial charge in [-0.15, -0.1) is 0 Å². The number of benzene rings is 2. The van der Waals surface area contributed by atoms with E-state index in [-0.39, 0.29) is 22.4 Å². The lowest BCUT2D eigenvalue weighted by molar-refractivity contribution is -0.384. The van der Waals surface area contributed by atoms with Gasteiger partial charge in [-0.25, -0.2) is 4.98 Å². The molecule has 9 heteroatoms. The summed E-state index contributed by atoms with van der Waals surface area (Å²) in [6, 6.07) is 18.2. The summed E-state index contributed by atoms with van der Waals surface area (Å²) in [6.07, 6.45) is 1.99. The molecule has 8 nitrogen and oxygen atoms in total. The number of imidazole rings is 1. The summed E-state index contributed by atoms with van der Waals surface area (Å²) in [6.45, 7) is 7.47. The number of amides is 1. The number of nitro benzene ring substituents is 1. The SMILES string of the molecule is CC(C)C(=O)N1CCN(Cc2c(-c3ccc(Cl)cc3)nc3ccc(-c4cccc([N+](=O)[O-])c4)cn23)CC1. The zero-order valence-electron chi connectivity index (χ0n) is 20.8. The van der Waals surface area contributed by atoms with Gasteiger partial charge >= 0.3 is 0 Å². The van der Waals surface area contributed by atoms with Crippen LogP contribution in [0.1, 0.15) is 19.5 Å². The van der Waals surface area contributed by atoms with Crippen molar-refractivity contribution >= 4 is 28.8 Å². The van der Waals surface area contributed by atoms with E-state index in [9.17, 15) is 14.9 Å². The van der Waals surface area contributed by atoms with Gasteiger partial charge in [0.05, 0.1) is 16.3 Å². The molecule has 0 unspecified atom stereocenters. The zero-order chi connectivity index (χ0) is 26.1. The quantitative estimate of drug-likeness (QED) is 0.248. The van der Waals surface area contributed by atoms with Crippen LogP contribution in [0.2, 0.25) is 5.02 Å². The molecule has 1 aliphatic heterocycles. The number of hydrogen-bond acceptors (Lipinski definition) is 5. The third-order valence-corrected chi connectivity index (χ3v) is 7.03. The molecule has 5 rings (SSSR count). The number of piperazine rings is 1. The third kappa shape index (κ3) is 5.21. The van der Waals surface area contributed by atoms with Crippen molar-refractivity contribution < 1.29 is 9.72 Å². The van der Waals surface area contributed by atoms with Crippen molar-refractivity contribution in [3.8, 4) is 22.4 Å². The van der Waals surface area contributed by atoms with Crippen molar-refractivity contribution in [1.29, 1.82) is 0 Å². The minimum absolute atomic E-state index is 0.00550. The first kappa shape index (κ1) is 24.9. The van der Waals surface area contributed by atoms with E-state index in [0.717, 1.165) is 46.8 Å². The summed E-state index contributed by atoms with van der Waals surface area (Å²) in [5, 5.41) is 12.0. The first-order valence-electron chi connectivity index (χ1n) is 12.3. The molecule has 1 amide bonds. The van der Waals surface area contributed by atoms with Gasteiger partial charge in [-0.3, -0.25) is 19.8 Å². The highest BCUT2D eigenvalue weighted by Crippen LogP contribution is 2.30.